The van der Waals surface area contributed by atoms with Crippen molar-refractivity contribution in [1.29, 1.82) is 0 Å². The molecule has 0 radical (unpaired) electrons. The highest BCUT2D eigenvalue weighted by Gasteiger charge is 2.37. The van der Waals surface area contributed by atoms with E-state index in [0.717, 1.165) is 28.0 Å². The van der Waals surface area contributed by atoms with Gasteiger partial charge in [-0.2, -0.15) is 0 Å². The van der Waals surface area contributed by atoms with E-state index in [2.05, 4.69) is 20.2 Å². The molecule has 11 nitrogen and oxygen atoms in total. The first kappa shape index (κ1) is 24.4. The summed E-state index contributed by atoms with van der Waals surface area (Å²) in [4.78, 5) is 44.2. The Morgan fingerprint density at radius 3 is 2.24 bits per heavy atom. The summed E-state index contributed by atoms with van der Waals surface area (Å²) in [7, 11) is 1.97. The van der Waals surface area contributed by atoms with E-state index in [-0.39, 0.29) is 16.9 Å². The summed E-state index contributed by atoms with van der Waals surface area (Å²) in [5.41, 5.74) is 4.41. The minimum absolute atomic E-state index is 0.0128. The monoisotopic (exact) mass is 518 g/mol. The largest absolute Gasteiger partial charge is 0.339 e. The molecule has 2 aromatic carbocycles. The third-order valence-electron chi connectivity index (χ3n) is 6.41. The van der Waals surface area contributed by atoms with Crippen LogP contribution in [-0.2, 0) is 0 Å². The summed E-state index contributed by atoms with van der Waals surface area (Å²) >= 11 is 1.32. The van der Waals surface area contributed by atoms with Crippen LogP contribution in [0.5, 0.6) is 0 Å². The van der Waals surface area contributed by atoms with Crippen molar-refractivity contribution in [3.05, 3.63) is 113 Å². The van der Waals surface area contributed by atoms with E-state index in [0.29, 0.717) is 29.6 Å². The third-order valence-corrected chi connectivity index (χ3v) is 6.99. The van der Waals surface area contributed by atoms with Gasteiger partial charge in [0, 0.05) is 49.0 Å². The number of likely N-dealkylation sites (N-methyl/N-ethyl adjacent to an activating group) is 1. The maximum Gasteiger partial charge on any atom is 0.269 e. The smallest absolute Gasteiger partial charge is 0.269 e. The fraction of sp³-hybridized carbons (Fsp3) is 0.200. The van der Waals surface area contributed by atoms with Crippen LogP contribution in [0.3, 0.4) is 0 Å². The average Bonchev–Trinajstić information content (AvgIpc) is 2.88. The fourth-order valence-corrected chi connectivity index (χ4v) is 5.16. The second kappa shape index (κ2) is 9.64. The summed E-state index contributed by atoms with van der Waals surface area (Å²) in [6.45, 7) is 1.16. The molecule has 0 aliphatic carbocycles. The maximum absolute atomic E-state index is 13.3. The number of aromatic nitrogens is 2. The Bertz CT molecular complexity index is 1530. The van der Waals surface area contributed by atoms with Gasteiger partial charge in [-0.05, 0) is 53.8 Å². The van der Waals surface area contributed by atoms with E-state index >= 15 is 0 Å². The Balaban J connectivity index is 1.68. The van der Waals surface area contributed by atoms with Gasteiger partial charge in [0.25, 0.3) is 16.9 Å². The van der Waals surface area contributed by atoms with Crippen LogP contribution in [-0.4, -0.2) is 51.1 Å². The van der Waals surface area contributed by atoms with Crippen LogP contribution in [0.4, 0.5) is 17.2 Å². The zero-order valence-corrected chi connectivity index (χ0v) is 20.7. The molecule has 0 amide bonds. The molecule has 5 rings (SSSR count). The Hall–Kier alpha value is -4.29. The van der Waals surface area contributed by atoms with Gasteiger partial charge in [-0.15, -0.1) is 0 Å². The van der Waals surface area contributed by atoms with Crippen LogP contribution in [0.25, 0.3) is 6.08 Å². The number of hydrogen-bond donors (Lipinski definition) is 2. The highest BCUT2D eigenvalue weighted by molar-refractivity contribution is 7.98. The molecule has 0 saturated heterocycles. The summed E-state index contributed by atoms with van der Waals surface area (Å²) in [5, 5.41) is 26.1. The highest BCUT2D eigenvalue weighted by atomic mass is 32.2. The van der Waals surface area contributed by atoms with E-state index in [9.17, 15) is 25.0 Å². The lowest BCUT2D eigenvalue weighted by atomic mass is 9.79. The molecule has 3 heterocycles. The van der Waals surface area contributed by atoms with E-state index in [1.807, 2.05) is 19.4 Å². The number of rotatable bonds is 5. The number of nitrogens with one attached hydrogen (secondary N) is 2. The Kier molecular flexibility index (Phi) is 6.36. The van der Waals surface area contributed by atoms with Crippen molar-refractivity contribution in [2.45, 2.75) is 11.1 Å². The van der Waals surface area contributed by atoms with Crippen LogP contribution in [0.15, 0.2) is 75.3 Å². The number of benzene rings is 2. The van der Waals surface area contributed by atoms with Gasteiger partial charge >= 0.3 is 0 Å². The summed E-state index contributed by atoms with van der Waals surface area (Å²) in [6, 6.07) is 12.5. The highest BCUT2D eigenvalue weighted by Crippen LogP contribution is 2.43. The lowest BCUT2D eigenvalue weighted by Crippen LogP contribution is -2.38. The molecule has 0 saturated carbocycles. The number of nitro groups is 2. The van der Waals surface area contributed by atoms with E-state index in [1.165, 1.54) is 36.0 Å². The van der Waals surface area contributed by atoms with Crippen molar-refractivity contribution in [3.8, 4) is 0 Å². The first-order valence-electron chi connectivity index (χ1n) is 11.3. The summed E-state index contributed by atoms with van der Waals surface area (Å²) < 4.78 is 0. The van der Waals surface area contributed by atoms with E-state index < -0.39 is 15.8 Å². The van der Waals surface area contributed by atoms with Gasteiger partial charge in [-0.1, -0.05) is 23.9 Å². The van der Waals surface area contributed by atoms with Crippen LogP contribution in [0.1, 0.15) is 22.6 Å². The lowest BCUT2D eigenvalue weighted by molar-refractivity contribution is -0.385. The Morgan fingerprint density at radius 2 is 1.65 bits per heavy atom. The molecule has 1 atom stereocenters. The fourth-order valence-electron chi connectivity index (χ4n) is 4.78. The first-order chi connectivity index (χ1) is 17.7. The Labute approximate surface area is 215 Å². The number of nitrogens with zero attached hydrogens (tertiary/aromatic N) is 4. The van der Waals surface area contributed by atoms with Crippen molar-refractivity contribution < 1.29 is 9.85 Å². The molecule has 1 unspecified atom stereocenters. The Morgan fingerprint density at radius 1 is 1.03 bits per heavy atom. The van der Waals surface area contributed by atoms with Crippen molar-refractivity contribution in [2.24, 2.45) is 0 Å². The SMILES string of the molecule is CSc1nc2c(c(=O)[nH]1)C(c1ccc([N+](=O)[O-])cc1)C1=C(N2)/C(=C/c2ccc([N+](=O)[O-])cc2)CN(C)C1. The van der Waals surface area contributed by atoms with E-state index in [1.54, 1.807) is 24.3 Å². The molecular weight excluding hydrogens is 496 g/mol. The molecule has 12 heteroatoms. The molecule has 0 spiro atoms. The number of nitro benzene ring substituents is 2. The first-order valence-corrected chi connectivity index (χ1v) is 12.5. The standard InChI is InChI=1S/C25H22N6O5S/c1-29-12-16(11-14-3-7-17(8-4-14)30(33)34)22-19(13-29)20(15-5-9-18(10-6-15)31(35)36)21-23(26-22)27-25(37-2)28-24(21)32/h3-11,20H,12-13H2,1-2H3,(H2,26,27,28,32)/b16-11+. The van der Waals surface area contributed by atoms with Crippen LogP contribution in [0.2, 0.25) is 0 Å². The van der Waals surface area contributed by atoms with Gasteiger partial charge in [-0.25, -0.2) is 4.98 Å². The molecule has 0 bridgehead atoms. The van der Waals surface area contributed by atoms with Crippen molar-refractivity contribution in [2.75, 3.05) is 31.7 Å². The second-order valence-electron chi connectivity index (χ2n) is 8.83. The predicted octanol–water partition coefficient (Wildman–Crippen LogP) is 4.15. The normalized spacial score (nSPS) is 18.2. The molecular formula is C25H22N6O5S. The average molecular weight is 519 g/mol. The number of aromatic amines is 1. The number of non-ortho nitro benzene ring substituents is 2. The van der Waals surface area contributed by atoms with E-state index in [4.69, 9.17) is 0 Å². The minimum atomic E-state index is -0.470. The van der Waals surface area contributed by atoms with Crippen LogP contribution < -0.4 is 10.9 Å². The zero-order chi connectivity index (χ0) is 26.3. The number of anilines is 1. The molecule has 188 valence electrons. The molecule has 2 aliphatic rings. The lowest BCUT2D eigenvalue weighted by Gasteiger charge is -2.38. The van der Waals surface area contributed by atoms with Crippen LogP contribution in [0, 0.1) is 20.2 Å². The van der Waals surface area contributed by atoms with Gasteiger partial charge in [0.2, 0.25) is 0 Å². The molecule has 0 fully saturated rings. The van der Waals surface area contributed by atoms with Gasteiger partial charge in [0.15, 0.2) is 5.16 Å². The molecule has 3 aromatic rings. The summed E-state index contributed by atoms with van der Waals surface area (Å²) in [5.74, 6) is -0.0309. The van der Waals surface area contributed by atoms with Crippen molar-refractivity contribution in [3.63, 3.8) is 0 Å². The topological polar surface area (TPSA) is 147 Å². The summed E-state index contributed by atoms with van der Waals surface area (Å²) in [6.07, 6.45) is 3.78. The van der Waals surface area contributed by atoms with Gasteiger partial charge < -0.3 is 10.3 Å². The second-order valence-corrected chi connectivity index (χ2v) is 9.63. The molecule has 2 aliphatic heterocycles. The van der Waals surface area contributed by atoms with Crippen LogP contribution >= 0.6 is 11.8 Å². The molecule has 37 heavy (non-hydrogen) atoms. The zero-order valence-electron chi connectivity index (χ0n) is 19.9. The molecule has 2 N–H and O–H groups in total. The van der Waals surface area contributed by atoms with Gasteiger partial charge in [0.1, 0.15) is 5.82 Å². The quantitative estimate of drug-likeness (QED) is 0.220. The number of hydrogen-bond acceptors (Lipinski definition) is 9. The third kappa shape index (κ3) is 4.63. The number of H-pyrrole nitrogens is 1. The maximum atomic E-state index is 13.3. The molecule has 1 aromatic heterocycles. The number of fused-ring (bicyclic) bond motifs is 1. The number of thioether (sulfide) groups is 1. The minimum Gasteiger partial charge on any atom is -0.339 e. The van der Waals surface area contributed by atoms with Crippen molar-refractivity contribution >= 4 is 35.0 Å². The van der Waals surface area contributed by atoms with Gasteiger partial charge in [-0.3, -0.25) is 29.9 Å². The predicted molar refractivity (Wildman–Crippen MR) is 141 cm³/mol. The van der Waals surface area contributed by atoms with Crippen molar-refractivity contribution in [1.82, 2.24) is 14.9 Å². The van der Waals surface area contributed by atoms with Gasteiger partial charge in [0.05, 0.1) is 15.4 Å².